The van der Waals surface area contributed by atoms with Gasteiger partial charge in [0.05, 0.1) is 26.9 Å². The predicted octanol–water partition coefficient (Wildman–Crippen LogP) is 2.25. The first-order chi connectivity index (χ1) is 13.6. The van der Waals surface area contributed by atoms with Crippen LogP contribution in [0.5, 0.6) is 17.2 Å². The van der Waals surface area contributed by atoms with Crippen LogP contribution in [0, 0.1) is 0 Å². The monoisotopic (exact) mass is 385 g/mol. The Kier molecular flexibility index (Phi) is 6.26. The van der Waals surface area contributed by atoms with Gasteiger partial charge in [-0.15, -0.1) is 0 Å². The first kappa shape index (κ1) is 19.8. The second-order valence-electron chi connectivity index (χ2n) is 6.70. The van der Waals surface area contributed by atoms with Crippen molar-refractivity contribution in [3.63, 3.8) is 0 Å². The Morgan fingerprint density at radius 3 is 2.29 bits per heavy atom. The Morgan fingerprint density at radius 1 is 0.964 bits per heavy atom. The normalized spacial score (nSPS) is 14.6. The fraction of sp³-hybridized carbons (Fsp3) is 0.381. The smallest absolute Gasteiger partial charge is 0.257 e. The summed E-state index contributed by atoms with van der Waals surface area (Å²) in [7, 11) is 4.61. The number of nitrogens with zero attached hydrogens (tertiary/aromatic N) is 2. The topological polar surface area (TPSA) is 77.3 Å². The second-order valence-corrected chi connectivity index (χ2v) is 6.70. The number of anilines is 1. The molecule has 28 heavy (non-hydrogen) atoms. The quantitative estimate of drug-likeness (QED) is 0.769. The highest BCUT2D eigenvalue weighted by atomic mass is 16.5. The van der Waals surface area contributed by atoms with Crippen molar-refractivity contribution >= 4 is 11.6 Å². The van der Waals surface area contributed by atoms with E-state index in [2.05, 4.69) is 11.0 Å². The van der Waals surface area contributed by atoms with Crippen LogP contribution in [0.4, 0.5) is 5.69 Å². The Balaban J connectivity index is 1.68. The van der Waals surface area contributed by atoms with Crippen LogP contribution < -0.4 is 19.9 Å². The fourth-order valence-corrected chi connectivity index (χ4v) is 3.50. The highest BCUT2D eigenvalue weighted by molar-refractivity contribution is 5.98. The molecule has 2 N–H and O–H groups in total. The number of benzene rings is 2. The third-order valence-electron chi connectivity index (χ3n) is 4.95. The predicted molar refractivity (Wildman–Crippen MR) is 108 cm³/mol. The molecule has 1 aliphatic rings. The van der Waals surface area contributed by atoms with Gasteiger partial charge in [-0.3, -0.25) is 9.69 Å². The first-order valence-corrected chi connectivity index (χ1v) is 9.22. The maximum Gasteiger partial charge on any atom is 0.257 e. The van der Waals surface area contributed by atoms with Crippen LogP contribution in [0.1, 0.15) is 15.9 Å². The van der Waals surface area contributed by atoms with Gasteiger partial charge in [-0.25, -0.2) is 0 Å². The molecule has 2 aromatic rings. The number of hydrogen-bond acceptors (Lipinski definition) is 6. The largest absolute Gasteiger partial charge is 0.493 e. The zero-order chi connectivity index (χ0) is 20.1. The Morgan fingerprint density at radius 2 is 1.68 bits per heavy atom. The van der Waals surface area contributed by atoms with E-state index >= 15 is 0 Å². The van der Waals surface area contributed by atoms with Crippen molar-refractivity contribution in [2.45, 2.75) is 6.54 Å². The number of amides is 1. The third-order valence-corrected chi connectivity index (χ3v) is 4.95. The van der Waals surface area contributed by atoms with Gasteiger partial charge in [0.15, 0.2) is 11.5 Å². The van der Waals surface area contributed by atoms with Crippen LogP contribution in [-0.2, 0) is 6.54 Å². The van der Waals surface area contributed by atoms with E-state index in [4.69, 9.17) is 19.9 Å². The molecular weight excluding hydrogens is 358 g/mol. The van der Waals surface area contributed by atoms with Crippen molar-refractivity contribution in [3.05, 3.63) is 47.5 Å². The van der Waals surface area contributed by atoms with Crippen LogP contribution in [0.15, 0.2) is 36.4 Å². The summed E-state index contributed by atoms with van der Waals surface area (Å²) in [4.78, 5) is 17.2. The van der Waals surface area contributed by atoms with Crippen molar-refractivity contribution in [2.24, 2.45) is 0 Å². The summed E-state index contributed by atoms with van der Waals surface area (Å²) in [5.74, 6) is 1.29. The van der Waals surface area contributed by atoms with Crippen molar-refractivity contribution < 1.29 is 19.0 Å². The van der Waals surface area contributed by atoms with Crippen molar-refractivity contribution in [2.75, 3.05) is 53.2 Å². The fourth-order valence-electron chi connectivity index (χ4n) is 3.50. The minimum absolute atomic E-state index is 0.0681. The van der Waals surface area contributed by atoms with Crippen molar-refractivity contribution in [1.82, 2.24) is 9.80 Å². The van der Waals surface area contributed by atoms with Crippen LogP contribution in [0.3, 0.4) is 0 Å². The molecule has 2 aromatic carbocycles. The van der Waals surface area contributed by atoms with Crippen LogP contribution >= 0.6 is 0 Å². The molecule has 0 unspecified atom stereocenters. The summed E-state index contributed by atoms with van der Waals surface area (Å²) in [5, 5.41) is 0. The molecule has 1 aliphatic heterocycles. The summed E-state index contributed by atoms with van der Waals surface area (Å²) in [5.41, 5.74) is 8.29. The van der Waals surface area contributed by atoms with E-state index in [-0.39, 0.29) is 5.91 Å². The molecule has 1 heterocycles. The first-order valence-electron chi connectivity index (χ1n) is 9.22. The number of nitrogen functional groups attached to an aromatic ring is 1. The lowest BCUT2D eigenvalue weighted by Gasteiger charge is -2.35. The van der Waals surface area contributed by atoms with Gasteiger partial charge in [0.1, 0.15) is 0 Å². The SMILES string of the molecule is COc1ccc(C(=O)N2CCN(Cc3cccc(N)c3)CC2)c(OC)c1OC. The summed E-state index contributed by atoms with van der Waals surface area (Å²) >= 11 is 0. The molecule has 1 amide bonds. The van der Waals surface area contributed by atoms with Crippen molar-refractivity contribution in [3.8, 4) is 17.2 Å². The minimum atomic E-state index is -0.0681. The standard InChI is InChI=1S/C21H27N3O4/c1-26-18-8-7-17(19(27-2)20(18)28-3)21(25)24-11-9-23(10-12-24)14-15-5-4-6-16(22)13-15/h4-8,13H,9-12,14,22H2,1-3H3. The molecule has 0 spiro atoms. The number of ether oxygens (including phenoxy) is 3. The van der Waals surface area contributed by atoms with Gasteiger partial charge in [0.25, 0.3) is 5.91 Å². The Hall–Kier alpha value is -2.93. The number of hydrogen-bond donors (Lipinski definition) is 1. The maximum atomic E-state index is 13.1. The van der Waals surface area contributed by atoms with E-state index in [1.54, 1.807) is 19.2 Å². The zero-order valence-electron chi connectivity index (χ0n) is 16.6. The highest BCUT2D eigenvalue weighted by Crippen LogP contribution is 2.40. The highest BCUT2D eigenvalue weighted by Gasteiger charge is 2.27. The molecule has 0 saturated carbocycles. The average molecular weight is 385 g/mol. The summed E-state index contributed by atoms with van der Waals surface area (Å²) in [6.45, 7) is 3.73. The summed E-state index contributed by atoms with van der Waals surface area (Å²) < 4.78 is 16.1. The van der Waals surface area contributed by atoms with Crippen molar-refractivity contribution in [1.29, 1.82) is 0 Å². The average Bonchev–Trinajstić information content (AvgIpc) is 2.72. The number of nitrogens with two attached hydrogens (primary N) is 1. The Labute approximate surface area is 165 Å². The van der Waals surface area contributed by atoms with Gasteiger partial charge in [0, 0.05) is 38.4 Å². The van der Waals surface area contributed by atoms with Crippen LogP contribution in [-0.4, -0.2) is 63.2 Å². The van der Waals surface area contributed by atoms with E-state index < -0.39 is 0 Å². The Bertz CT molecular complexity index is 832. The van der Waals surface area contributed by atoms with Gasteiger partial charge >= 0.3 is 0 Å². The number of rotatable bonds is 6. The molecule has 0 aliphatic carbocycles. The number of carbonyl (C=O) groups is 1. The minimum Gasteiger partial charge on any atom is -0.493 e. The zero-order valence-corrected chi connectivity index (χ0v) is 16.6. The number of piperazine rings is 1. The molecular formula is C21H27N3O4. The van der Waals surface area contributed by atoms with Crippen LogP contribution in [0.25, 0.3) is 0 Å². The molecule has 150 valence electrons. The van der Waals surface area contributed by atoms with Gasteiger partial charge in [-0.2, -0.15) is 0 Å². The molecule has 1 fully saturated rings. The van der Waals surface area contributed by atoms with Gasteiger partial charge in [-0.1, -0.05) is 12.1 Å². The molecule has 1 saturated heterocycles. The molecule has 0 radical (unpaired) electrons. The third kappa shape index (κ3) is 4.14. The van der Waals surface area contributed by atoms with E-state index in [1.807, 2.05) is 23.1 Å². The number of carbonyl (C=O) groups excluding carboxylic acids is 1. The summed E-state index contributed by atoms with van der Waals surface area (Å²) in [6.07, 6.45) is 0. The van der Waals surface area contributed by atoms with Gasteiger partial charge < -0.3 is 24.8 Å². The van der Waals surface area contributed by atoms with E-state index in [9.17, 15) is 4.79 Å². The molecule has 7 heteroatoms. The summed E-state index contributed by atoms with van der Waals surface area (Å²) in [6, 6.07) is 11.4. The van der Waals surface area contributed by atoms with Gasteiger partial charge in [-0.05, 0) is 29.8 Å². The second kappa shape index (κ2) is 8.84. The van der Waals surface area contributed by atoms with E-state index in [0.717, 1.165) is 25.3 Å². The van der Waals surface area contributed by atoms with E-state index in [0.29, 0.717) is 35.9 Å². The lowest BCUT2D eigenvalue weighted by Crippen LogP contribution is -2.48. The maximum absolute atomic E-state index is 13.1. The molecule has 0 bridgehead atoms. The molecule has 3 rings (SSSR count). The lowest BCUT2D eigenvalue weighted by molar-refractivity contribution is 0.0624. The van der Waals surface area contributed by atoms with Gasteiger partial charge in [0.2, 0.25) is 5.75 Å². The van der Waals surface area contributed by atoms with E-state index in [1.165, 1.54) is 19.8 Å². The molecule has 0 aromatic heterocycles. The van der Waals surface area contributed by atoms with Crippen LogP contribution in [0.2, 0.25) is 0 Å². The molecule has 0 atom stereocenters. The lowest BCUT2D eigenvalue weighted by atomic mass is 10.1. The number of methoxy groups -OCH3 is 3. The molecule has 7 nitrogen and oxygen atoms in total.